The zero-order valence-corrected chi connectivity index (χ0v) is 15.4. The maximum Gasteiger partial charge on any atom is 0.118 e. The van der Waals surface area contributed by atoms with Gasteiger partial charge in [0.05, 0.1) is 7.11 Å². The van der Waals surface area contributed by atoms with Crippen LogP contribution in [0.2, 0.25) is 0 Å². The first-order valence-corrected chi connectivity index (χ1v) is 9.84. The molecule has 6 rings (SSSR count). The second kappa shape index (κ2) is 6.67. The van der Waals surface area contributed by atoms with Crippen LogP contribution < -0.4 is 4.74 Å². The molecule has 5 heterocycles. The third kappa shape index (κ3) is 2.72. The lowest BCUT2D eigenvalue weighted by atomic mass is 9.75. The van der Waals surface area contributed by atoms with E-state index >= 15 is 0 Å². The summed E-state index contributed by atoms with van der Waals surface area (Å²) in [5.74, 6) is 2.40. The van der Waals surface area contributed by atoms with Crippen LogP contribution in [0.15, 0.2) is 48.8 Å². The van der Waals surface area contributed by atoms with Crippen molar-refractivity contribution >= 4 is 0 Å². The molecule has 4 heteroatoms. The molecule has 0 saturated carbocycles. The number of fused-ring (bicyclic) bond motifs is 2. The van der Waals surface area contributed by atoms with Gasteiger partial charge in [0.2, 0.25) is 0 Å². The molecule has 0 N–H and O–H groups in total. The molecule has 1 aromatic heterocycles. The van der Waals surface area contributed by atoms with Crippen molar-refractivity contribution in [2.24, 2.45) is 5.92 Å². The number of ether oxygens (including phenoxy) is 1. The van der Waals surface area contributed by atoms with Crippen molar-refractivity contribution in [2.45, 2.75) is 37.4 Å². The van der Waals surface area contributed by atoms with Crippen molar-refractivity contribution in [3.05, 3.63) is 59.9 Å². The lowest BCUT2D eigenvalue weighted by molar-refractivity contribution is -0.00869. The van der Waals surface area contributed by atoms with E-state index in [-0.39, 0.29) is 0 Å². The topological polar surface area (TPSA) is 28.6 Å². The Morgan fingerprint density at radius 2 is 1.73 bits per heavy atom. The smallest absolute Gasteiger partial charge is 0.118 e. The van der Waals surface area contributed by atoms with Gasteiger partial charge in [0.1, 0.15) is 5.75 Å². The maximum absolute atomic E-state index is 5.36. The zero-order valence-electron chi connectivity index (χ0n) is 15.4. The second-order valence-electron chi connectivity index (χ2n) is 8.02. The van der Waals surface area contributed by atoms with Gasteiger partial charge in [-0.2, -0.15) is 0 Å². The number of pyridine rings is 1. The van der Waals surface area contributed by atoms with Crippen molar-refractivity contribution in [2.75, 3.05) is 26.7 Å². The molecule has 26 heavy (non-hydrogen) atoms. The number of methoxy groups -OCH3 is 1. The highest BCUT2D eigenvalue weighted by Gasteiger charge is 2.53. The van der Waals surface area contributed by atoms with E-state index in [0.717, 1.165) is 24.8 Å². The molecule has 0 unspecified atom stereocenters. The van der Waals surface area contributed by atoms with Crippen molar-refractivity contribution in [1.29, 1.82) is 0 Å². The second-order valence-corrected chi connectivity index (χ2v) is 8.02. The van der Waals surface area contributed by atoms with Gasteiger partial charge >= 0.3 is 0 Å². The van der Waals surface area contributed by atoms with Gasteiger partial charge in [-0.1, -0.05) is 12.1 Å². The Labute approximate surface area is 155 Å². The zero-order chi connectivity index (χ0) is 17.5. The van der Waals surface area contributed by atoms with E-state index in [1.165, 1.54) is 37.1 Å². The van der Waals surface area contributed by atoms with E-state index in [4.69, 9.17) is 4.74 Å². The van der Waals surface area contributed by atoms with Gasteiger partial charge in [0.15, 0.2) is 0 Å². The monoisotopic (exact) mass is 349 g/mol. The Bertz CT molecular complexity index is 740. The molecule has 0 amide bonds. The van der Waals surface area contributed by atoms with Gasteiger partial charge < -0.3 is 4.74 Å². The molecule has 3 atom stereocenters. The van der Waals surface area contributed by atoms with Crippen LogP contribution in [0.4, 0.5) is 0 Å². The molecule has 0 radical (unpaired) electrons. The lowest BCUT2D eigenvalue weighted by Gasteiger charge is -2.51. The highest BCUT2D eigenvalue weighted by molar-refractivity contribution is 5.33. The van der Waals surface area contributed by atoms with Crippen LogP contribution in [0.5, 0.6) is 5.75 Å². The van der Waals surface area contributed by atoms with Gasteiger partial charge in [0, 0.05) is 43.5 Å². The third-order valence-electron chi connectivity index (χ3n) is 6.77. The SMILES string of the molecule is COc1ccc([C@@H]2CN(Cc3ccncc3)[C@@H]3C4CCN(CC4)[C@@H]32)cc1. The number of rotatable bonds is 4. The summed E-state index contributed by atoms with van der Waals surface area (Å²) < 4.78 is 5.36. The molecule has 4 nitrogen and oxygen atoms in total. The molecule has 4 saturated heterocycles. The fraction of sp³-hybridized carbons (Fsp3) is 0.500. The Balaban J connectivity index is 1.46. The summed E-state index contributed by atoms with van der Waals surface area (Å²) in [6.07, 6.45) is 6.56. The molecule has 0 aliphatic carbocycles. The number of piperidine rings is 3. The van der Waals surface area contributed by atoms with Crippen molar-refractivity contribution in [3.8, 4) is 5.75 Å². The molecule has 4 aliphatic heterocycles. The van der Waals surface area contributed by atoms with Gasteiger partial charge in [0.25, 0.3) is 0 Å². The summed E-state index contributed by atoms with van der Waals surface area (Å²) in [6, 6.07) is 14.5. The van der Waals surface area contributed by atoms with Crippen LogP contribution in [0, 0.1) is 5.92 Å². The Hall–Kier alpha value is -1.91. The largest absolute Gasteiger partial charge is 0.497 e. The summed E-state index contributed by atoms with van der Waals surface area (Å²) in [7, 11) is 1.74. The fourth-order valence-electron chi connectivity index (χ4n) is 5.59. The molecular weight excluding hydrogens is 322 g/mol. The number of hydrogen-bond acceptors (Lipinski definition) is 4. The Morgan fingerprint density at radius 1 is 1.00 bits per heavy atom. The molecule has 2 aromatic rings. The van der Waals surface area contributed by atoms with E-state index in [1.54, 1.807) is 7.11 Å². The fourth-order valence-corrected chi connectivity index (χ4v) is 5.59. The summed E-state index contributed by atoms with van der Waals surface area (Å²) in [5.41, 5.74) is 2.84. The quantitative estimate of drug-likeness (QED) is 0.848. The first-order valence-electron chi connectivity index (χ1n) is 9.84. The van der Waals surface area contributed by atoms with Crippen LogP contribution in [-0.4, -0.2) is 53.6 Å². The average molecular weight is 349 g/mol. The normalized spacial score (nSPS) is 33.2. The third-order valence-corrected chi connectivity index (χ3v) is 6.77. The number of aromatic nitrogens is 1. The highest BCUT2D eigenvalue weighted by Crippen LogP contribution is 2.47. The highest BCUT2D eigenvalue weighted by atomic mass is 16.5. The Kier molecular flexibility index (Phi) is 4.18. The van der Waals surface area contributed by atoms with E-state index in [2.05, 4.69) is 51.2 Å². The van der Waals surface area contributed by atoms with Gasteiger partial charge in [-0.15, -0.1) is 0 Å². The Morgan fingerprint density at radius 3 is 2.42 bits per heavy atom. The number of hydrogen-bond donors (Lipinski definition) is 0. The minimum Gasteiger partial charge on any atom is -0.497 e. The van der Waals surface area contributed by atoms with E-state index in [1.807, 2.05) is 12.4 Å². The van der Waals surface area contributed by atoms with Crippen LogP contribution in [-0.2, 0) is 6.54 Å². The molecule has 4 aliphatic rings. The van der Waals surface area contributed by atoms with Gasteiger partial charge in [-0.05, 0) is 67.2 Å². The lowest BCUT2D eigenvalue weighted by Crippen LogP contribution is -2.59. The summed E-state index contributed by atoms with van der Waals surface area (Å²) in [4.78, 5) is 9.70. The average Bonchev–Trinajstić information content (AvgIpc) is 3.11. The standard InChI is InChI=1S/C22H27N3O/c1-26-19-4-2-17(3-5-19)20-15-25(14-16-6-10-23-11-7-16)21-18-8-12-24(13-9-18)22(20)21/h2-7,10-11,18,20-22H,8-9,12-15H2,1H3/t20-,21+,22+/m0/s1. The molecule has 136 valence electrons. The van der Waals surface area contributed by atoms with Gasteiger partial charge in [-0.3, -0.25) is 14.8 Å². The van der Waals surface area contributed by atoms with E-state index in [9.17, 15) is 0 Å². The number of benzene rings is 1. The predicted molar refractivity (Wildman–Crippen MR) is 102 cm³/mol. The molecule has 4 fully saturated rings. The summed E-state index contributed by atoms with van der Waals surface area (Å²) >= 11 is 0. The number of nitrogens with zero attached hydrogens (tertiary/aromatic N) is 3. The van der Waals surface area contributed by atoms with Crippen molar-refractivity contribution in [1.82, 2.24) is 14.8 Å². The van der Waals surface area contributed by atoms with E-state index in [0.29, 0.717) is 18.0 Å². The van der Waals surface area contributed by atoms with Crippen LogP contribution >= 0.6 is 0 Å². The summed E-state index contributed by atoms with van der Waals surface area (Å²) in [5, 5.41) is 0. The first-order chi connectivity index (χ1) is 12.8. The van der Waals surface area contributed by atoms with Crippen LogP contribution in [0.1, 0.15) is 29.9 Å². The van der Waals surface area contributed by atoms with Crippen molar-refractivity contribution in [3.63, 3.8) is 0 Å². The first kappa shape index (κ1) is 16.3. The van der Waals surface area contributed by atoms with Crippen LogP contribution in [0.25, 0.3) is 0 Å². The molecule has 2 bridgehead atoms. The van der Waals surface area contributed by atoms with Gasteiger partial charge in [-0.25, -0.2) is 0 Å². The molecular formula is C22H27N3O. The van der Waals surface area contributed by atoms with Crippen molar-refractivity contribution < 1.29 is 4.74 Å². The van der Waals surface area contributed by atoms with Crippen LogP contribution in [0.3, 0.4) is 0 Å². The summed E-state index contributed by atoms with van der Waals surface area (Å²) in [6.45, 7) is 4.75. The number of likely N-dealkylation sites (tertiary alicyclic amines) is 1. The minimum atomic E-state index is 0.593. The van der Waals surface area contributed by atoms with E-state index < -0.39 is 0 Å². The maximum atomic E-state index is 5.36. The minimum absolute atomic E-state index is 0.593. The molecule has 0 spiro atoms. The predicted octanol–water partition coefficient (Wildman–Crippen LogP) is 3.15. The molecule has 1 aromatic carbocycles.